The number of nitrogens with zero attached hydrogens (tertiary/aromatic N) is 3. The van der Waals surface area contributed by atoms with Crippen LogP contribution in [0.2, 0.25) is 0 Å². The summed E-state index contributed by atoms with van der Waals surface area (Å²) >= 11 is 1.07. The van der Waals surface area contributed by atoms with Gasteiger partial charge in [-0.05, 0) is 23.9 Å². The molecule has 0 aliphatic rings. The first kappa shape index (κ1) is 15.0. The zero-order valence-electron chi connectivity index (χ0n) is 11.0. The van der Waals surface area contributed by atoms with Gasteiger partial charge >= 0.3 is 0 Å². The fourth-order valence-electron chi connectivity index (χ4n) is 1.67. The summed E-state index contributed by atoms with van der Waals surface area (Å²) in [7, 11) is 1.70. The summed E-state index contributed by atoms with van der Waals surface area (Å²) < 4.78 is 1.64. The first-order valence-electron chi connectivity index (χ1n) is 5.81. The lowest BCUT2D eigenvalue weighted by atomic mass is 10.2. The van der Waals surface area contributed by atoms with E-state index in [4.69, 9.17) is 10.8 Å². The number of amides is 1. The first-order valence-corrected chi connectivity index (χ1v) is 6.63. The smallest absolute Gasteiger partial charge is 0.284 e. The van der Waals surface area contributed by atoms with Gasteiger partial charge in [0.1, 0.15) is 0 Å². The zero-order chi connectivity index (χ0) is 15.6. The van der Waals surface area contributed by atoms with Crippen LogP contribution in [0.15, 0.2) is 34.4 Å². The third-order valence-electron chi connectivity index (χ3n) is 2.85. The predicted molar refractivity (Wildman–Crippen MR) is 74.9 cm³/mol. The van der Waals surface area contributed by atoms with E-state index in [1.165, 1.54) is 18.3 Å². The molecule has 2 aromatic rings. The van der Waals surface area contributed by atoms with Gasteiger partial charge in [-0.2, -0.15) is 0 Å². The highest BCUT2D eigenvalue weighted by Crippen LogP contribution is 2.34. The molecule has 8 nitrogen and oxygen atoms in total. The monoisotopic (exact) mass is 308 g/mol. The molecule has 1 aromatic carbocycles. The van der Waals surface area contributed by atoms with Crippen molar-refractivity contribution in [1.29, 1.82) is 0 Å². The van der Waals surface area contributed by atoms with Gasteiger partial charge in [0, 0.05) is 18.7 Å². The number of nitro benzene ring substituents is 1. The Labute approximate surface area is 123 Å². The van der Waals surface area contributed by atoms with E-state index in [9.17, 15) is 14.9 Å². The molecule has 0 atom stereocenters. The van der Waals surface area contributed by atoms with Crippen LogP contribution < -0.4 is 5.73 Å². The number of carbonyl (C=O) groups excluding carboxylic acids is 1. The number of aliphatic hydroxyl groups excluding tert-OH is 1. The van der Waals surface area contributed by atoms with Crippen LogP contribution >= 0.6 is 11.8 Å². The van der Waals surface area contributed by atoms with Gasteiger partial charge in [0.2, 0.25) is 5.91 Å². The van der Waals surface area contributed by atoms with Crippen molar-refractivity contribution in [3.63, 3.8) is 0 Å². The standard InChI is InChI=1S/C12H12N4O4S/c1-15-8(6-17)5-14-12(15)21-10-3-2-7(11(13)18)4-9(10)16(19)20/h2-5,17H,6H2,1H3,(H2,13,18). The molecule has 3 N–H and O–H groups in total. The van der Waals surface area contributed by atoms with Crippen molar-refractivity contribution in [3.05, 3.63) is 45.8 Å². The number of imidazole rings is 1. The van der Waals surface area contributed by atoms with Crippen LogP contribution in [0.3, 0.4) is 0 Å². The molecule has 0 saturated carbocycles. The first-order chi connectivity index (χ1) is 9.93. The maximum absolute atomic E-state index is 11.1. The van der Waals surface area contributed by atoms with E-state index in [0.717, 1.165) is 17.8 Å². The number of primary amides is 1. The Hall–Kier alpha value is -2.39. The average molecular weight is 308 g/mol. The van der Waals surface area contributed by atoms with E-state index in [1.807, 2.05) is 0 Å². The summed E-state index contributed by atoms with van der Waals surface area (Å²) in [6.45, 7) is -0.174. The van der Waals surface area contributed by atoms with Gasteiger partial charge in [-0.25, -0.2) is 4.98 Å². The van der Waals surface area contributed by atoms with E-state index >= 15 is 0 Å². The Morgan fingerprint density at radius 2 is 2.29 bits per heavy atom. The van der Waals surface area contributed by atoms with E-state index in [1.54, 1.807) is 11.6 Å². The number of carbonyl (C=O) groups is 1. The minimum atomic E-state index is -0.728. The van der Waals surface area contributed by atoms with Crippen molar-refractivity contribution < 1.29 is 14.8 Å². The summed E-state index contributed by atoms with van der Waals surface area (Å²) in [5.74, 6) is -0.728. The summed E-state index contributed by atoms with van der Waals surface area (Å²) in [6.07, 6.45) is 1.49. The minimum absolute atomic E-state index is 0.0712. The molecular formula is C12H12N4O4S. The molecule has 0 unspecified atom stereocenters. The number of nitro groups is 1. The quantitative estimate of drug-likeness (QED) is 0.629. The summed E-state index contributed by atoms with van der Waals surface area (Å²) in [4.78, 5) is 26.0. The second kappa shape index (κ2) is 5.94. The van der Waals surface area contributed by atoms with Gasteiger partial charge in [0.25, 0.3) is 5.69 Å². The Kier molecular flexibility index (Phi) is 4.24. The van der Waals surface area contributed by atoms with Crippen LogP contribution in [0.25, 0.3) is 0 Å². The molecule has 0 saturated heterocycles. The fraction of sp³-hybridized carbons (Fsp3) is 0.167. The van der Waals surface area contributed by atoms with Gasteiger partial charge in [0.05, 0.1) is 28.3 Å². The van der Waals surface area contributed by atoms with Crippen LogP contribution in [-0.2, 0) is 13.7 Å². The number of hydrogen-bond donors (Lipinski definition) is 2. The largest absolute Gasteiger partial charge is 0.390 e. The van der Waals surface area contributed by atoms with E-state index < -0.39 is 10.8 Å². The molecule has 0 aliphatic carbocycles. The van der Waals surface area contributed by atoms with Gasteiger partial charge in [0.15, 0.2) is 5.16 Å². The molecule has 9 heteroatoms. The van der Waals surface area contributed by atoms with Crippen LogP contribution in [0.1, 0.15) is 16.1 Å². The third-order valence-corrected chi connectivity index (χ3v) is 3.97. The van der Waals surface area contributed by atoms with Crippen molar-refractivity contribution in [3.8, 4) is 0 Å². The SMILES string of the molecule is Cn1c(CO)cnc1Sc1ccc(C(N)=O)cc1[N+](=O)[O-]. The zero-order valence-corrected chi connectivity index (χ0v) is 11.8. The van der Waals surface area contributed by atoms with Crippen LogP contribution in [0.4, 0.5) is 5.69 Å². The normalized spacial score (nSPS) is 10.6. The number of aliphatic hydroxyl groups is 1. The Morgan fingerprint density at radius 3 is 2.81 bits per heavy atom. The number of hydrogen-bond acceptors (Lipinski definition) is 6. The molecule has 1 heterocycles. The fourth-order valence-corrected chi connectivity index (χ4v) is 2.60. The van der Waals surface area contributed by atoms with E-state index in [-0.39, 0.29) is 17.9 Å². The van der Waals surface area contributed by atoms with E-state index in [0.29, 0.717) is 15.7 Å². The molecule has 0 spiro atoms. The predicted octanol–water partition coefficient (Wildman–Crippen LogP) is 1.07. The molecule has 0 radical (unpaired) electrons. The molecule has 1 amide bonds. The molecule has 0 fully saturated rings. The lowest BCUT2D eigenvalue weighted by molar-refractivity contribution is -0.387. The maximum atomic E-state index is 11.1. The van der Waals surface area contributed by atoms with Crippen molar-refractivity contribution in [1.82, 2.24) is 9.55 Å². The highest BCUT2D eigenvalue weighted by Gasteiger charge is 2.19. The molecule has 1 aromatic heterocycles. The van der Waals surface area contributed by atoms with Gasteiger partial charge < -0.3 is 15.4 Å². The third kappa shape index (κ3) is 3.03. The number of nitrogens with two attached hydrogens (primary N) is 1. The van der Waals surface area contributed by atoms with Gasteiger partial charge in [-0.15, -0.1) is 0 Å². The van der Waals surface area contributed by atoms with Crippen LogP contribution in [-0.4, -0.2) is 25.5 Å². The molecule has 0 aliphatic heterocycles. The summed E-state index contributed by atoms with van der Waals surface area (Å²) in [6, 6.07) is 4.02. The maximum Gasteiger partial charge on any atom is 0.284 e. The Morgan fingerprint density at radius 1 is 1.57 bits per heavy atom. The van der Waals surface area contributed by atoms with Gasteiger partial charge in [-0.1, -0.05) is 0 Å². The van der Waals surface area contributed by atoms with Crippen molar-refractivity contribution in [2.45, 2.75) is 16.7 Å². The lowest BCUT2D eigenvalue weighted by Gasteiger charge is -2.05. The average Bonchev–Trinajstić information content (AvgIpc) is 2.79. The van der Waals surface area contributed by atoms with Crippen molar-refractivity contribution in [2.75, 3.05) is 0 Å². The number of aromatic nitrogens is 2. The number of rotatable bonds is 5. The summed E-state index contributed by atoms with van der Waals surface area (Å²) in [5, 5.41) is 20.7. The van der Waals surface area contributed by atoms with Crippen molar-refractivity contribution >= 4 is 23.4 Å². The second-order valence-corrected chi connectivity index (χ2v) is 5.16. The molecule has 0 bridgehead atoms. The highest BCUT2D eigenvalue weighted by atomic mass is 32.2. The van der Waals surface area contributed by atoms with Crippen LogP contribution in [0.5, 0.6) is 0 Å². The van der Waals surface area contributed by atoms with Gasteiger partial charge in [-0.3, -0.25) is 14.9 Å². The summed E-state index contributed by atoms with van der Waals surface area (Å²) in [5.41, 5.74) is 5.56. The molecular weight excluding hydrogens is 296 g/mol. The highest BCUT2D eigenvalue weighted by molar-refractivity contribution is 7.99. The number of benzene rings is 1. The molecule has 2 rings (SSSR count). The molecule has 21 heavy (non-hydrogen) atoms. The molecule has 110 valence electrons. The Bertz CT molecular complexity index is 713. The topological polar surface area (TPSA) is 124 Å². The second-order valence-electron chi connectivity index (χ2n) is 4.16. The Balaban J connectivity index is 2.41. The van der Waals surface area contributed by atoms with Crippen LogP contribution in [0, 0.1) is 10.1 Å². The minimum Gasteiger partial charge on any atom is -0.390 e. The van der Waals surface area contributed by atoms with Crippen molar-refractivity contribution in [2.24, 2.45) is 12.8 Å². The van der Waals surface area contributed by atoms with E-state index in [2.05, 4.69) is 4.98 Å². The lowest BCUT2D eigenvalue weighted by Crippen LogP contribution is -2.11.